The van der Waals surface area contributed by atoms with Gasteiger partial charge in [-0.15, -0.1) is 10.2 Å². The van der Waals surface area contributed by atoms with Crippen molar-refractivity contribution in [3.8, 4) is 0 Å². The van der Waals surface area contributed by atoms with E-state index in [-0.39, 0.29) is 6.10 Å². The summed E-state index contributed by atoms with van der Waals surface area (Å²) in [5.74, 6) is 1.62. The zero-order valence-corrected chi connectivity index (χ0v) is 14.1. The predicted octanol–water partition coefficient (Wildman–Crippen LogP) is 3.52. The Labute approximate surface area is 147 Å². The molecule has 5 heteroatoms. The lowest BCUT2D eigenvalue weighted by Gasteiger charge is -2.25. The molecular weight excluding hydrogens is 312 g/mol. The number of hydrogen-bond acceptors (Lipinski definition) is 4. The van der Waals surface area contributed by atoms with E-state index in [1.54, 1.807) is 0 Å². The first-order chi connectivity index (χ1) is 12.4. The highest BCUT2D eigenvalue weighted by molar-refractivity contribution is 5.24. The zero-order chi connectivity index (χ0) is 16.9. The van der Waals surface area contributed by atoms with Crippen LogP contribution in [-0.4, -0.2) is 26.7 Å². The van der Waals surface area contributed by atoms with Gasteiger partial charge in [-0.25, -0.2) is 0 Å². The fourth-order valence-corrected chi connectivity index (χ4v) is 3.90. The van der Waals surface area contributed by atoms with Gasteiger partial charge in [0.1, 0.15) is 0 Å². The standard InChI is InChI=1S/C20H22N4O/c1-3-7-15(8-4-1)14-25-18-12-11-17(13-19-21-23-24-22-19)20(18)16-9-5-2-6-10-16/h1-10,17-18,20H,11-14H2,(H,21,22,23,24). The van der Waals surface area contributed by atoms with E-state index < -0.39 is 0 Å². The minimum atomic E-state index is 0.222. The Balaban J connectivity index is 1.51. The van der Waals surface area contributed by atoms with Gasteiger partial charge in [0, 0.05) is 12.3 Å². The summed E-state index contributed by atoms with van der Waals surface area (Å²) < 4.78 is 6.34. The van der Waals surface area contributed by atoms with Crippen LogP contribution in [0.5, 0.6) is 0 Å². The number of ether oxygens (including phenoxy) is 1. The number of nitrogens with zero attached hydrogens (tertiary/aromatic N) is 3. The molecule has 3 atom stereocenters. The summed E-state index contributed by atoms with van der Waals surface area (Å²) in [4.78, 5) is 0. The van der Waals surface area contributed by atoms with Crippen LogP contribution in [0.4, 0.5) is 0 Å². The Bertz CT molecular complexity index is 761. The van der Waals surface area contributed by atoms with Gasteiger partial charge in [-0.2, -0.15) is 5.21 Å². The van der Waals surface area contributed by atoms with Crippen molar-refractivity contribution in [3.05, 3.63) is 77.6 Å². The molecule has 3 aromatic rings. The SMILES string of the molecule is c1ccc(COC2CCC(Cc3nn[nH]n3)C2c2ccccc2)cc1. The molecule has 0 spiro atoms. The number of tetrazole rings is 1. The van der Waals surface area contributed by atoms with Gasteiger partial charge in [0.05, 0.1) is 12.7 Å². The number of rotatable bonds is 6. The summed E-state index contributed by atoms with van der Waals surface area (Å²) in [6.45, 7) is 0.657. The molecule has 128 valence electrons. The van der Waals surface area contributed by atoms with Crippen LogP contribution >= 0.6 is 0 Å². The third kappa shape index (κ3) is 3.77. The van der Waals surface area contributed by atoms with Gasteiger partial charge in [-0.3, -0.25) is 0 Å². The Hall–Kier alpha value is -2.53. The molecule has 0 radical (unpaired) electrons. The monoisotopic (exact) mass is 334 g/mol. The third-order valence-corrected chi connectivity index (χ3v) is 5.06. The molecule has 1 fully saturated rings. The van der Waals surface area contributed by atoms with Crippen LogP contribution in [0.15, 0.2) is 60.7 Å². The predicted molar refractivity (Wildman–Crippen MR) is 94.8 cm³/mol. The molecule has 5 nitrogen and oxygen atoms in total. The van der Waals surface area contributed by atoms with Gasteiger partial charge in [0.2, 0.25) is 0 Å². The molecule has 4 rings (SSSR count). The second kappa shape index (κ2) is 7.57. The fourth-order valence-electron chi connectivity index (χ4n) is 3.90. The Kier molecular flexibility index (Phi) is 4.84. The van der Waals surface area contributed by atoms with E-state index in [4.69, 9.17) is 4.74 Å². The summed E-state index contributed by atoms with van der Waals surface area (Å²) in [5.41, 5.74) is 2.56. The Morgan fingerprint density at radius 2 is 1.72 bits per heavy atom. The molecule has 0 amide bonds. The molecule has 1 aliphatic rings. The number of hydrogen-bond donors (Lipinski definition) is 1. The van der Waals surface area contributed by atoms with Crippen molar-refractivity contribution < 1.29 is 4.74 Å². The zero-order valence-electron chi connectivity index (χ0n) is 14.1. The van der Waals surface area contributed by atoms with Gasteiger partial charge < -0.3 is 4.74 Å². The van der Waals surface area contributed by atoms with Crippen molar-refractivity contribution in [2.24, 2.45) is 5.92 Å². The quantitative estimate of drug-likeness (QED) is 0.749. The Morgan fingerprint density at radius 1 is 0.960 bits per heavy atom. The van der Waals surface area contributed by atoms with Gasteiger partial charge in [0.25, 0.3) is 0 Å². The van der Waals surface area contributed by atoms with E-state index in [0.717, 1.165) is 25.1 Å². The largest absolute Gasteiger partial charge is 0.373 e. The second-order valence-electron chi connectivity index (χ2n) is 6.64. The van der Waals surface area contributed by atoms with E-state index >= 15 is 0 Å². The van der Waals surface area contributed by atoms with Crippen LogP contribution in [-0.2, 0) is 17.8 Å². The van der Waals surface area contributed by atoms with E-state index in [0.29, 0.717) is 18.4 Å². The average Bonchev–Trinajstić information content (AvgIpc) is 3.32. The normalized spacial score (nSPS) is 23.0. The molecule has 2 aromatic carbocycles. The van der Waals surface area contributed by atoms with Crippen molar-refractivity contribution >= 4 is 0 Å². The maximum Gasteiger partial charge on any atom is 0.174 e. The molecule has 0 aliphatic heterocycles. The first kappa shape index (κ1) is 16.0. The van der Waals surface area contributed by atoms with Crippen molar-refractivity contribution in [3.63, 3.8) is 0 Å². The van der Waals surface area contributed by atoms with E-state index in [2.05, 4.69) is 75.2 Å². The van der Waals surface area contributed by atoms with Crippen molar-refractivity contribution in [2.75, 3.05) is 0 Å². The maximum atomic E-state index is 6.34. The highest BCUT2D eigenvalue weighted by Gasteiger charge is 2.38. The van der Waals surface area contributed by atoms with Gasteiger partial charge in [-0.1, -0.05) is 65.9 Å². The first-order valence-corrected chi connectivity index (χ1v) is 8.83. The van der Waals surface area contributed by atoms with Crippen LogP contribution in [0.1, 0.15) is 35.7 Å². The highest BCUT2D eigenvalue weighted by atomic mass is 16.5. The molecule has 1 heterocycles. The summed E-state index contributed by atoms with van der Waals surface area (Å²) in [6.07, 6.45) is 3.24. The summed E-state index contributed by atoms with van der Waals surface area (Å²) in [7, 11) is 0. The first-order valence-electron chi connectivity index (χ1n) is 8.83. The van der Waals surface area contributed by atoms with Crippen LogP contribution in [0.3, 0.4) is 0 Å². The van der Waals surface area contributed by atoms with Crippen molar-refractivity contribution in [1.29, 1.82) is 0 Å². The number of aromatic amines is 1. The van der Waals surface area contributed by atoms with E-state index in [9.17, 15) is 0 Å². The van der Waals surface area contributed by atoms with Crippen LogP contribution in [0.25, 0.3) is 0 Å². The van der Waals surface area contributed by atoms with Gasteiger partial charge in [0.15, 0.2) is 5.82 Å². The van der Waals surface area contributed by atoms with E-state index in [1.807, 2.05) is 6.07 Å². The highest BCUT2D eigenvalue weighted by Crippen LogP contribution is 2.43. The fraction of sp³-hybridized carbons (Fsp3) is 0.350. The third-order valence-electron chi connectivity index (χ3n) is 5.06. The second-order valence-corrected chi connectivity index (χ2v) is 6.64. The molecule has 25 heavy (non-hydrogen) atoms. The Morgan fingerprint density at radius 3 is 2.44 bits per heavy atom. The topological polar surface area (TPSA) is 63.7 Å². The summed E-state index contributed by atoms with van der Waals surface area (Å²) in [5, 5.41) is 14.5. The van der Waals surface area contributed by atoms with E-state index in [1.165, 1.54) is 11.1 Å². The van der Waals surface area contributed by atoms with Crippen LogP contribution < -0.4 is 0 Å². The van der Waals surface area contributed by atoms with Gasteiger partial charge in [-0.05, 0) is 29.9 Å². The summed E-state index contributed by atoms with van der Waals surface area (Å²) >= 11 is 0. The number of H-pyrrole nitrogens is 1. The lowest BCUT2D eigenvalue weighted by atomic mass is 9.85. The van der Waals surface area contributed by atoms with Crippen molar-refractivity contribution in [2.45, 2.75) is 37.9 Å². The van der Waals surface area contributed by atoms with Crippen LogP contribution in [0, 0.1) is 5.92 Å². The molecular formula is C20H22N4O. The minimum absolute atomic E-state index is 0.222. The molecule has 1 saturated carbocycles. The number of benzene rings is 2. The lowest BCUT2D eigenvalue weighted by Crippen LogP contribution is -2.22. The molecule has 1 aromatic heterocycles. The smallest absolute Gasteiger partial charge is 0.174 e. The average molecular weight is 334 g/mol. The van der Waals surface area contributed by atoms with Crippen molar-refractivity contribution in [1.82, 2.24) is 20.6 Å². The van der Waals surface area contributed by atoms with Crippen LogP contribution in [0.2, 0.25) is 0 Å². The lowest BCUT2D eigenvalue weighted by molar-refractivity contribution is 0.0299. The number of nitrogens with one attached hydrogen (secondary N) is 1. The molecule has 0 bridgehead atoms. The molecule has 1 aliphatic carbocycles. The maximum absolute atomic E-state index is 6.34. The molecule has 3 unspecified atom stereocenters. The molecule has 1 N–H and O–H groups in total. The summed E-state index contributed by atoms with van der Waals surface area (Å²) in [6, 6.07) is 21.1. The number of aromatic nitrogens is 4. The molecule has 0 saturated heterocycles. The van der Waals surface area contributed by atoms with Gasteiger partial charge >= 0.3 is 0 Å². The minimum Gasteiger partial charge on any atom is -0.373 e.